The summed E-state index contributed by atoms with van der Waals surface area (Å²) >= 11 is 0. The van der Waals surface area contributed by atoms with Gasteiger partial charge >= 0.3 is 0 Å². The van der Waals surface area contributed by atoms with Crippen LogP contribution < -0.4 is 10.2 Å². The van der Waals surface area contributed by atoms with Crippen molar-refractivity contribution in [3.63, 3.8) is 0 Å². The van der Waals surface area contributed by atoms with Gasteiger partial charge in [0.25, 0.3) is 0 Å². The lowest BCUT2D eigenvalue weighted by Gasteiger charge is -2.11. The molecule has 4 N–H and O–H groups in total. The van der Waals surface area contributed by atoms with Gasteiger partial charge in [-0.25, -0.2) is 0 Å². The van der Waals surface area contributed by atoms with Gasteiger partial charge in [0.15, 0.2) is 22.7 Å². The average Bonchev–Trinajstić information content (AvgIpc) is 2.62. The molecule has 136 valence electrons. The highest BCUT2D eigenvalue weighted by Gasteiger charge is 2.21. The molecule has 0 spiro atoms. The lowest BCUT2D eigenvalue weighted by Crippen LogP contribution is -2.04. The number of aliphatic hydroxyl groups excluding tert-OH is 1. The summed E-state index contributed by atoms with van der Waals surface area (Å²) in [5.41, 5.74) is 0.228. The first-order valence-corrected chi connectivity index (χ1v) is 7.85. The predicted octanol–water partition coefficient (Wildman–Crippen LogP) is 2.55. The molecule has 1 aromatic heterocycles. The van der Waals surface area contributed by atoms with Gasteiger partial charge in [0.05, 0.1) is 19.1 Å². The van der Waals surface area contributed by atoms with Gasteiger partial charge in [0.1, 0.15) is 11.1 Å². The third-order valence-electron chi connectivity index (χ3n) is 4.20. The molecule has 2 aromatic carbocycles. The molecule has 7 nitrogen and oxygen atoms in total. The molecule has 0 aliphatic carbocycles. The van der Waals surface area contributed by atoms with Gasteiger partial charge in [0, 0.05) is 5.56 Å². The Hall–Kier alpha value is -3.19. The summed E-state index contributed by atoms with van der Waals surface area (Å²) < 4.78 is 10.7. The normalized spacial score (nSPS) is 12.0. The van der Waals surface area contributed by atoms with Crippen LogP contribution in [0.25, 0.3) is 21.9 Å². The van der Waals surface area contributed by atoms with Crippen LogP contribution in [0.2, 0.25) is 0 Å². The summed E-state index contributed by atoms with van der Waals surface area (Å²) in [6.45, 7) is 1.59. The summed E-state index contributed by atoms with van der Waals surface area (Å²) in [5.74, 6) is -0.881. The van der Waals surface area contributed by atoms with Crippen molar-refractivity contribution in [3.8, 4) is 23.0 Å². The number of phenolic OH excluding ortho intramolecular Hbond substituents is 3. The van der Waals surface area contributed by atoms with E-state index >= 15 is 0 Å². The van der Waals surface area contributed by atoms with Crippen molar-refractivity contribution in [2.24, 2.45) is 0 Å². The van der Waals surface area contributed by atoms with E-state index < -0.39 is 5.43 Å². The summed E-state index contributed by atoms with van der Waals surface area (Å²) in [6.07, 6.45) is 1.90. The fourth-order valence-electron chi connectivity index (χ4n) is 2.78. The van der Waals surface area contributed by atoms with Crippen molar-refractivity contribution in [2.45, 2.75) is 13.3 Å². The molecule has 0 fully saturated rings. The molecule has 3 rings (SSSR count). The maximum absolute atomic E-state index is 12.9. The Morgan fingerprint density at radius 1 is 1.19 bits per heavy atom. The molecule has 0 unspecified atom stereocenters. The van der Waals surface area contributed by atoms with Crippen molar-refractivity contribution < 1.29 is 29.6 Å². The Morgan fingerprint density at radius 3 is 2.58 bits per heavy atom. The first-order chi connectivity index (χ1) is 12.4. The van der Waals surface area contributed by atoms with Crippen molar-refractivity contribution in [1.29, 1.82) is 0 Å². The molecule has 1 heterocycles. The molecule has 0 bridgehead atoms. The second-order valence-electron chi connectivity index (χ2n) is 5.95. The van der Waals surface area contributed by atoms with E-state index in [2.05, 4.69) is 0 Å². The number of rotatable bonds is 4. The van der Waals surface area contributed by atoms with Gasteiger partial charge in [-0.2, -0.15) is 0 Å². The number of methoxy groups -OCH3 is 1. The maximum Gasteiger partial charge on any atom is 0.204 e. The van der Waals surface area contributed by atoms with E-state index in [0.717, 1.165) is 0 Å². The van der Waals surface area contributed by atoms with Crippen LogP contribution in [0.15, 0.2) is 39.1 Å². The second kappa shape index (κ2) is 6.61. The largest absolute Gasteiger partial charge is 0.507 e. The number of ether oxygens (including phenoxy) is 1. The Balaban J connectivity index is 2.37. The van der Waals surface area contributed by atoms with Gasteiger partial charge in [-0.15, -0.1) is 0 Å². The van der Waals surface area contributed by atoms with Crippen molar-refractivity contribution in [2.75, 3.05) is 13.7 Å². The van der Waals surface area contributed by atoms with Crippen LogP contribution >= 0.6 is 0 Å². The molecule has 0 saturated carbocycles. The monoisotopic (exact) mass is 358 g/mol. The van der Waals surface area contributed by atoms with E-state index in [1.165, 1.54) is 25.3 Å². The van der Waals surface area contributed by atoms with E-state index in [1.54, 1.807) is 13.0 Å². The number of phenols is 3. The maximum atomic E-state index is 12.9. The fraction of sp³-hybridized carbons (Fsp3) is 0.211. The molecule has 0 atom stereocenters. The van der Waals surface area contributed by atoms with E-state index in [9.17, 15) is 20.1 Å². The standard InChI is InChI=1S/C19H18O7/c1-9(8-20)3-4-10-7-13(22)18-14(15(10)23)16(24)11-5-6-12(21)19(25-2)17(11)26-18/h3,5-7,20-23H,4,8H2,1-2H3. The zero-order valence-electron chi connectivity index (χ0n) is 14.2. The summed E-state index contributed by atoms with van der Waals surface area (Å²) in [5, 5.41) is 39.7. The molecular formula is C19H18O7. The molecular weight excluding hydrogens is 340 g/mol. The third-order valence-corrected chi connectivity index (χ3v) is 4.20. The van der Waals surface area contributed by atoms with Crippen LogP contribution in [0.1, 0.15) is 12.5 Å². The number of aliphatic hydroxyl groups is 1. The number of allylic oxidation sites excluding steroid dienone is 1. The van der Waals surface area contributed by atoms with Crippen LogP contribution in [0.3, 0.4) is 0 Å². The molecule has 3 aromatic rings. The van der Waals surface area contributed by atoms with Crippen molar-refractivity contribution >= 4 is 21.9 Å². The highest BCUT2D eigenvalue weighted by molar-refractivity contribution is 5.98. The third kappa shape index (κ3) is 2.72. The Kier molecular flexibility index (Phi) is 4.48. The first kappa shape index (κ1) is 17.6. The Labute approximate surface area is 148 Å². The van der Waals surface area contributed by atoms with Crippen LogP contribution in [0, 0.1) is 0 Å². The quantitative estimate of drug-likeness (QED) is 0.321. The van der Waals surface area contributed by atoms with Gasteiger partial charge < -0.3 is 29.6 Å². The predicted molar refractivity (Wildman–Crippen MR) is 96.1 cm³/mol. The number of aromatic hydroxyl groups is 3. The summed E-state index contributed by atoms with van der Waals surface area (Å²) in [6, 6.07) is 3.94. The summed E-state index contributed by atoms with van der Waals surface area (Å²) in [4.78, 5) is 12.9. The SMILES string of the molecule is COc1c(O)ccc2c(=O)c3c(O)c(CC=C(C)CO)cc(O)c3oc12. The van der Waals surface area contributed by atoms with E-state index in [1.807, 2.05) is 0 Å². The minimum atomic E-state index is -0.558. The molecule has 0 radical (unpaired) electrons. The minimum Gasteiger partial charge on any atom is -0.507 e. The molecule has 7 heteroatoms. The Morgan fingerprint density at radius 2 is 1.92 bits per heavy atom. The van der Waals surface area contributed by atoms with Crippen molar-refractivity contribution in [1.82, 2.24) is 0 Å². The van der Waals surface area contributed by atoms with Gasteiger partial charge in [0.2, 0.25) is 11.2 Å². The highest BCUT2D eigenvalue weighted by Crippen LogP contribution is 2.40. The second-order valence-corrected chi connectivity index (χ2v) is 5.95. The fourth-order valence-corrected chi connectivity index (χ4v) is 2.78. The zero-order chi connectivity index (χ0) is 19.0. The number of benzene rings is 2. The Bertz CT molecular complexity index is 1090. The lowest BCUT2D eigenvalue weighted by atomic mass is 10.0. The molecule has 26 heavy (non-hydrogen) atoms. The van der Waals surface area contributed by atoms with E-state index in [-0.39, 0.29) is 58.0 Å². The van der Waals surface area contributed by atoms with Crippen LogP contribution in [-0.2, 0) is 6.42 Å². The smallest absolute Gasteiger partial charge is 0.204 e. The average molecular weight is 358 g/mol. The van der Waals surface area contributed by atoms with Gasteiger partial charge in [-0.3, -0.25) is 4.79 Å². The number of fused-ring (bicyclic) bond motifs is 2. The minimum absolute atomic E-state index is 0.0246. The zero-order valence-corrected chi connectivity index (χ0v) is 14.2. The molecule has 0 saturated heterocycles. The number of hydrogen-bond acceptors (Lipinski definition) is 7. The molecule has 0 aliphatic heterocycles. The first-order valence-electron chi connectivity index (χ1n) is 7.85. The molecule has 0 aliphatic rings. The van der Waals surface area contributed by atoms with Crippen LogP contribution in [0.5, 0.6) is 23.0 Å². The molecule has 0 amide bonds. The van der Waals surface area contributed by atoms with E-state index in [0.29, 0.717) is 11.1 Å². The van der Waals surface area contributed by atoms with Gasteiger partial charge in [-0.1, -0.05) is 11.6 Å². The lowest BCUT2D eigenvalue weighted by molar-refractivity contribution is 0.331. The van der Waals surface area contributed by atoms with E-state index in [4.69, 9.17) is 14.3 Å². The topological polar surface area (TPSA) is 120 Å². The highest BCUT2D eigenvalue weighted by atomic mass is 16.5. The van der Waals surface area contributed by atoms with Crippen molar-refractivity contribution in [3.05, 3.63) is 45.6 Å². The number of hydrogen-bond donors (Lipinski definition) is 4. The van der Waals surface area contributed by atoms with Crippen LogP contribution in [0.4, 0.5) is 0 Å². The summed E-state index contributed by atoms with van der Waals surface area (Å²) in [7, 11) is 1.31. The van der Waals surface area contributed by atoms with Crippen LogP contribution in [-0.4, -0.2) is 34.1 Å². The van der Waals surface area contributed by atoms with Gasteiger partial charge in [-0.05, 0) is 31.5 Å².